The molecule has 2 heteroatoms. The molecule has 3 fully saturated rings. The van der Waals surface area contributed by atoms with Crippen LogP contribution in [0.25, 0.3) is 0 Å². The molecule has 0 unspecified atom stereocenters. The molecule has 4 aliphatic carbocycles. The van der Waals surface area contributed by atoms with E-state index in [1.54, 1.807) is 4.91 Å². The topological polar surface area (TPSA) is 9.23 Å². The molecule has 3 saturated carbocycles. The van der Waals surface area contributed by atoms with Crippen molar-refractivity contribution in [1.29, 1.82) is 0 Å². The Labute approximate surface area is 175 Å². The maximum Gasteiger partial charge on any atom is 0.0756 e. The standard InChI is InChI=1S/C26H34OS/c1-18(2)17-27-25-14-13-20-9-10-22-23(28-21-7-5-4-6-8-21)11-12-24(25)26(20,22)16-19(3)15-25/h4-8,11,18,20,22,24H,3,9-10,12-17H2,1-2H3/t20-,22+,24+,25-,26+/m1/s1. The van der Waals surface area contributed by atoms with Crippen molar-refractivity contribution in [3.63, 3.8) is 0 Å². The van der Waals surface area contributed by atoms with Crippen LogP contribution < -0.4 is 0 Å². The summed E-state index contributed by atoms with van der Waals surface area (Å²) in [4.78, 5) is 3.03. The molecule has 0 radical (unpaired) electrons. The Hall–Kier alpha value is -0.990. The second-order valence-electron chi connectivity index (χ2n) is 10.2. The van der Waals surface area contributed by atoms with E-state index in [4.69, 9.17) is 4.74 Å². The molecule has 1 nitrogen and oxygen atoms in total. The predicted molar refractivity (Wildman–Crippen MR) is 118 cm³/mol. The van der Waals surface area contributed by atoms with Gasteiger partial charge in [0.15, 0.2) is 0 Å². The SMILES string of the molecule is C=C1C[C@]2(OCC(C)C)CC[C@H]3CC[C@H]4C(Sc5ccccc5)=CC[C@@H]2[C@@]34C1. The third-order valence-electron chi connectivity index (χ3n) is 8.10. The molecule has 28 heavy (non-hydrogen) atoms. The van der Waals surface area contributed by atoms with Crippen molar-refractivity contribution in [1.82, 2.24) is 0 Å². The summed E-state index contributed by atoms with van der Waals surface area (Å²) in [6.45, 7) is 10.0. The molecule has 4 aliphatic rings. The van der Waals surface area contributed by atoms with E-state index in [2.05, 4.69) is 56.8 Å². The van der Waals surface area contributed by atoms with Gasteiger partial charge in [-0.3, -0.25) is 0 Å². The zero-order valence-electron chi connectivity index (χ0n) is 17.5. The van der Waals surface area contributed by atoms with E-state index in [9.17, 15) is 0 Å². The molecule has 2 bridgehead atoms. The second kappa shape index (κ2) is 7.06. The Balaban J connectivity index is 1.52. The molecule has 1 aromatic rings. The summed E-state index contributed by atoms with van der Waals surface area (Å²) in [5, 5.41) is 0. The van der Waals surface area contributed by atoms with Crippen LogP contribution in [0.15, 0.2) is 58.4 Å². The fourth-order valence-corrected chi connectivity index (χ4v) is 8.47. The van der Waals surface area contributed by atoms with Crippen LogP contribution in [0.4, 0.5) is 0 Å². The van der Waals surface area contributed by atoms with Gasteiger partial charge >= 0.3 is 0 Å². The zero-order chi connectivity index (χ0) is 19.4. The fraction of sp³-hybridized carbons (Fsp3) is 0.615. The maximum atomic E-state index is 6.82. The number of hydrogen-bond donors (Lipinski definition) is 0. The van der Waals surface area contributed by atoms with E-state index in [0.717, 1.165) is 18.9 Å². The van der Waals surface area contributed by atoms with Crippen LogP contribution in [0.1, 0.15) is 58.8 Å². The summed E-state index contributed by atoms with van der Waals surface area (Å²) in [6.07, 6.45) is 11.5. The van der Waals surface area contributed by atoms with Crippen molar-refractivity contribution in [2.75, 3.05) is 6.61 Å². The minimum atomic E-state index is 0.0537. The zero-order valence-corrected chi connectivity index (χ0v) is 18.3. The molecule has 5 rings (SSSR count). The molecule has 0 saturated heterocycles. The number of ether oxygens (including phenoxy) is 1. The van der Waals surface area contributed by atoms with Crippen LogP contribution in [0.2, 0.25) is 0 Å². The lowest BCUT2D eigenvalue weighted by Crippen LogP contribution is -2.61. The van der Waals surface area contributed by atoms with Gasteiger partial charge in [0.2, 0.25) is 0 Å². The number of hydrogen-bond acceptors (Lipinski definition) is 2. The number of rotatable bonds is 5. The summed E-state index contributed by atoms with van der Waals surface area (Å²) in [5.41, 5.74) is 1.93. The molecule has 0 aromatic heterocycles. The van der Waals surface area contributed by atoms with Gasteiger partial charge in [0.05, 0.1) is 5.60 Å². The third kappa shape index (κ3) is 2.86. The Morgan fingerprint density at radius 3 is 2.75 bits per heavy atom. The highest BCUT2D eigenvalue weighted by molar-refractivity contribution is 8.03. The van der Waals surface area contributed by atoms with Gasteiger partial charge in [-0.2, -0.15) is 0 Å². The van der Waals surface area contributed by atoms with Crippen LogP contribution in [0.5, 0.6) is 0 Å². The van der Waals surface area contributed by atoms with E-state index in [-0.39, 0.29) is 5.60 Å². The van der Waals surface area contributed by atoms with Crippen molar-refractivity contribution in [2.24, 2.45) is 29.1 Å². The van der Waals surface area contributed by atoms with Crippen molar-refractivity contribution < 1.29 is 4.74 Å². The molecule has 1 spiro atoms. The lowest BCUT2D eigenvalue weighted by molar-refractivity contribution is -0.195. The van der Waals surface area contributed by atoms with Gasteiger partial charge in [0.1, 0.15) is 0 Å². The van der Waals surface area contributed by atoms with Gasteiger partial charge in [-0.1, -0.05) is 62.0 Å². The Bertz CT molecular complexity index is 781. The van der Waals surface area contributed by atoms with Gasteiger partial charge in [-0.25, -0.2) is 0 Å². The number of allylic oxidation sites excluding steroid dienone is 2. The summed E-state index contributed by atoms with van der Waals surface area (Å²) >= 11 is 2.03. The first-order valence-corrected chi connectivity index (χ1v) is 12.1. The minimum absolute atomic E-state index is 0.0537. The van der Waals surface area contributed by atoms with E-state index < -0.39 is 0 Å². The quantitative estimate of drug-likeness (QED) is 0.486. The van der Waals surface area contributed by atoms with Crippen LogP contribution in [-0.4, -0.2) is 12.2 Å². The highest BCUT2D eigenvalue weighted by Crippen LogP contribution is 2.72. The Morgan fingerprint density at radius 2 is 1.96 bits per heavy atom. The van der Waals surface area contributed by atoms with Crippen LogP contribution in [0.3, 0.4) is 0 Å². The summed E-state index contributed by atoms with van der Waals surface area (Å²) in [6, 6.07) is 11.0. The second-order valence-corrected chi connectivity index (χ2v) is 11.3. The molecule has 150 valence electrons. The van der Waals surface area contributed by atoms with Crippen molar-refractivity contribution in [2.45, 2.75) is 69.3 Å². The van der Waals surface area contributed by atoms with Crippen molar-refractivity contribution in [3.8, 4) is 0 Å². The summed E-state index contributed by atoms with van der Waals surface area (Å²) in [5.74, 6) is 2.87. The molecule has 0 aliphatic heterocycles. The van der Waals surface area contributed by atoms with Crippen LogP contribution >= 0.6 is 11.8 Å². The average Bonchev–Trinajstić information content (AvgIpc) is 3.02. The average molecular weight is 395 g/mol. The molecular weight excluding hydrogens is 360 g/mol. The highest BCUT2D eigenvalue weighted by atomic mass is 32.2. The third-order valence-corrected chi connectivity index (χ3v) is 9.29. The monoisotopic (exact) mass is 394 g/mol. The minimum Gasteiger partial charge on any atom is -0.374 e. The Kier molecular flexibility index (Phi) is 4.79. The largest absolute Gasteiger partial charge is 0.374 e. The molecule has 0 N–H and O–H groups in total. The van der Waals surface area contributed by atoms with Crippen molar-refractivity contribution >= 4 is 11.8 Å². The normalized spacial score (nSPS) is 39.0. The molecule has 5 atom stereocenters. The van der Waals surface area contributed by atoms with Gasteiger partial charge in [0, 0.05) is 11.5 Å². The van der Waals surface area contributed by atoms with Gasteiger partial charge in [-0.15, -0.1) is 0 Å². The van der Waals surface area contributed by atoms with E-state index in [0.29, 0.717) is 23.2 Å². The lowest BCUT2D eigenvalue weighted by Gasteiger charge is -2.63. The first-order chi connectivity index (χ1) is 13.5. The number of thioether (sulfide) groups is 1. The summed E-state index contributed by atoms with van der Waals surface area (Å²) < 4.78 is 6.82. The first kappa shape index (κ1) is 19.0. The molecular formula is C26H34OS. The molecule has 1 aromatic carbocycles. The van der Waals surface area contributed by atoms with Gasteiger partial charge in [0.25, 0.3) is 0 Å². The summed E-state index contributed by atoms with van der Waals surface area (Å²) in [7, 11) is 0. The van der Waals surface area contributed by atoms with Crippen LogP contribution in [-0.2, 0) is 4.74 Å². The lowest BCUT2D eigenvalue weighted by atomic mass is 9.45. The fourth-order valence-electron chi connectivity index (χ4n) is 7.25. The van der Waals surface area contributed by atoms with E-state index >= 15 is 0 Å². The molecule has 0 amide bonds. The maximum absolute atomic E-state index is 6.82. The van der Waals surface area contributed by atoms with E-state index in [1.807, 2.05) is 11.8 Å². The van der Waals surface area contributed by atoms with Gasteiger partial charge in [-0.05, 0) is 91.1 Å². The van der Waals surface area contributed by atoms with Crippen LogP contribution in [0, 0.1) is 29.1 Å². The van der Waals surface area contributed by atoms with E-state index in [1.165, 1.54) is 49.0 Å². The number of benzene rings is 1. The smallest absolute Gasteiger partial charge is 0.0756 e. The molecule has 0 heterocycles. The first-order valence-electron chi connectivity index (χ1n) is 11.3. The van der Waals surface area contributed by atoms with Gasteiger partial charge < -0.3 is 4.74 Å². The highest BCUT2D eigenvalue weighted by Gasteiger charge is 2.67. The Morgan fingerprint density at radius 1 is 1.14 bits per heavy atom. The predicted octanol–water partition coefficient (Wildman–Crippen LogP) is 7.25. The van der Waals surface area contributed by atoms with Crippen molar-refractivity contribution in [3.05, 3.63) is 53.5 Å².